The summed E-state index contributed by atoms with van der Waals surface area (Å²) >= 11 is 0. The van der Waals surface area contributed by atoms with E-state index in [1.54, 1.807) is 12.5 Å². The fourth-order valence-corrected chi connectivity index (χ4v) is 2.32. The van der Waals surface area contributed by atoms with E-state index in [0.717, 1.165) is 31.6 Å². The van der Waals surface area contributed by atoms with Crippen molar-refractivity contribution in [2.45, 2.75) is 44.8 Å². The molecule has 2 aromatic rings. The number of imidazole rings is 1. The summed E-state index contributed by atoms with van der Waals surface area (Å²) in [7, 11) is 0. The SMILES string of the molecule is c1coc(COC2CCCC(Cn3ccnc3)O2)c1. The molecular weight excluding hydrogens is 244 g/mol. The molecule has 0 bridgehead atoms. The van der Waals surface area contributed by atoms with Gasteiger partial charge in [0, 0.05) is 18.9 Å². The van der Waals surface area contributed by atoms with E-state index in [1.165, 1.54) is 0 Å². The lowest BCUT2D eigenvalue weighted by molar-refractivity contribution is -0.203. The van der Waals surface area contributed by atoms with Crippen LogP contribution in [-0.2, 0) is 22.6 Å². The van der Waals surface area contributed by atoms with E-state index in [4.69, 9.17) is 13.9 Å². The Kier molecular flexibility index (Phi) is 3.95. The number of ether oxygens (including phenoxy) is 2. The van der Waals surface area contributed by atoms with Gasteiger partial charge in [-0.15, -0.1) is 0 Å². The molecule has 102 valence electrons. The second-order valence-corrected chi connectivity index (χ2v) is 4.77. The van der Waals surface area contributed by atoms with Crippen LogP contribution in [0, 0.1) is 0 Å². The van der Waals surface area contributed by atoms with Gasteiger partial charge >= 0.3 is 0 Å². The highest BCUT2D eigenvalue weighted by atomic mass is 16.7. The number of aromatic nitrogens is 2. The molecule has 2 unspecified atom stereocenters. The largest absolute Gasteiger partial charge is 0.467 e. The topological polar surface area (TPSA) is 49.4 Å². The molecule has 3 heterocycles. The molecule has 5 heteroatoms. The summed E-state index contributed by atoms with van der Waals surface area (Å²) in [5.41, 5.74) is 0. The maximum Gasteiger partial charge on any atom is 0.158 e. The van der Waals surface area contributed by atoms with Crippen molar-refractivity contribution in [3.05, 3.63) is 42.9 Å². The van der Waals surface area contributed by atoms with Crippen LogP contribution in [0.2, 0.25) is 0 Å². The monoisotopic (exact) mass is 262 g/mol. The number of nitrogens with zero attached hydrogens (tertiary/aromatic N) is 2. The summed E-state index contributed by atoms with van der Waals surface area (Å²) in [5, 5.41) is 0. The Morgan fingerprint density at radius 2 is 2.42 bits per heavy atom. The van der Waals surface area contributed by atoms with E-state index in [9.17, 15) is 0 Å². The molecule has 1 aliphatic heterocycles. The summed E-state index contributed by atoms with van der Waals surface area (Å²) in [4.78, 5) is 4.04. The van der Waals surface area contributed by atoms with Crippen LogP contribution in [0.1, 0.15) is 25.0 Å². The average Bonchev–Trinajstić information content (AvgIpc) is 3.10. The molecule has 2 atom stereocenters. The maximum absolute atomic E-state index is 5.95. The average molecular weight is 262 g/mol. The lowest BCUT2D eigenvalue weighted by Gasteiger charge is -2.29. The van der Waals surface area contributed by atoms with Crippen LogP contribution in [0.5, 0.6) is 0 Å². The van der Waals surface area contributed by atoms with Crippen LogP contribution >= 0.6 is 0 Å². The molecule has 0 radical (unpaired) electrons. The van der Waals surface area contributed by atoms with Crippen molar-refractivity contribution in [3.63, 3.8) is 0 Å². The lowest BCUT2D eigenvalue weighted by atomic mass is 10.1. The fraction of sp³-hybridized carbons (Fsp3) is 0.500. The number of rotatable bonds is 5. The minimum Gasteiger partial charge on any atom is -0.467 e. The van der Waals surface area contributed by atoms with Crippen molar-refractivity contribution in [1.82, 2.24) is 9.55 Å². The van der Waals surface area contributed by atoms with Crippen LogP contribution in [0.3, 0.4) is 0 Å². The Balaban J connectivity index is 1.47. The van der Waals surface area contributed by atoms with Gasteiger partial charge in [0.1, 0.15) is 12.4 Å². The molecule has 1 fully saturated rings. The van der Waals surface area contributed by atoms with E-state index >= 15 is 0 Å². The Morgan fingerprint density at radius 3 is 3.21 bits per heavy atom. The van der Waals surface area contributed by atoms with Crippen LogP contribution in [0.15, 0.2) is 41.5 Å². The van der Waals surface area contributed by atoms with Crippen LogP contribution in [0.4, 0.5) is 0 Å². The standard InChI is InChI=1S/C14H18N2O3/c1-3-12(9-16-7-6-15-11-16)19-14(5-1)18-10-13-4-2-8-17-13/h2,4,6-8,11-12,14H,1,3,5,9-10H2. The summed E-state index contributed by atoms with van der Waals surface area (Å²) in [6.45, 7) is 1.30. The zero-order valence-corrected chi connectivity index (χ0v) is 10.8. The third-order valence-corrected chi connectivity index (χ3v) is 3.28. The third-order valence-electron chi connectivity index (χ3n) is 3.28. The molecule has 0 saturated carbocycles. The van der Waals surface area contributed by atoms with Gasteiger partial charge in [-0.2, -0.15) is 0 Å². The number of hydrogen-bond donors (Lipinski definition) is 0. The zero-order chi connectivity index (χ0) is 12.9. The molecule has 0 spiro atoms. The minimum atomic E-state index is -0.132. The van der Waals surface area contributed by atoms with E-state index < -0.39 is 0 Å². The summed E-state index contributed by atoms with van der Waals surface area (Å²) in [6, 6.07) is 3.77. The molecule has 2 aromatic heterocycles. The predicted octanol–water partition coefficient (Wildman–Crippen LogP) is 2.59. The second-order valence-electron chi connectivity index (χ2n) is 4.77. The van der Waals surface area contributed by atoms with Crippen molar-refractivity contribution >= 4 is 0 Å². The fourth-order valence-electron chi connectivity index (χ4n) is 2.32. The Bertz CT molecular complexity index is 467. The van der Waals surface area contributed by atoms with Crippen LogP contribution in [0.25, 0.3) is 0 Å². The van der Waals surface area contributed by atoms with Gasteiger partial charge in [-0.1, -0.05) is 0 Å². The molecule has 0 aromatic carbocycles. The van der Waals surface area contributed by atoms with Crippen molar-refractivity contribution in [2.24, 2.45) is 0 Å². The number of hydrogen-bond acceptors (Lipinski definition) is 4. The van der Waals surface area contributed by atoms with Gasteiger partial charge in [-0.3, -0.25) is 0 Å². The van der Waals surface area contributed by atoms with Gasteiger partial charge in [-0.05, 0) is 31.4 Å². The highest BCUT2D eigenvalue weighted by Crippen LogP contribution is 2.22. The van der Waals surface area contributed by atoms with E-state index in [2.05, 4.69) is 4.98 Å². The Labute approximate surface area is 112 Å². The highest BCUT2D eigenvalue weighted by Gasteiger charge is 2.23. The molecule has 0 aliphatic carbocycles. The van der Waals surface area contributed by atoms with Crippen molar-refractivity contribution in [3.8, 4) is 0 Å². The molecular formula is C14H18N2O3. The molecule has 1 aliphatic rings. The van der Waals surface area contributed by atoms with Crippen LogP contribution in [-0.4, -0.2) is 21.9 Å². The van der Waals surface area contributed by atoms with E-state index in [0.29, 0.717) is 6.61 Å². The van der Waals surface area contributed by atoms with Gasteiger partial charge in [-0.25, -0.2) is 4.98 Å². The first-order valence-corrected chi connectivity index (χ1v) is 6.65. The van der Waals surface area contributed by atoms with Gasteiger partial charge in [0.25, 0.3) is 0 Å². The minimum absolute atomic E-state index is 0.132. The summed E-state index contributed by atoms with van der Waals surface area (Å²) in [6.07, 6.45) is 10.4. The first kappa shape index (κ1) is 12.4. The van der Waals surface area contributed by atoms with Gasteiger partial charge in [0.2, 0.25) is 0 Å². The smallest absolute Gasteiger partial charge is 0.158 e. The normalized spacial score (nSPS) is 23.6. The Hall–Kier alpha value is -1.59. The van der Waals surface area contributed by atoms with Crippen LogP contribution < -0.4 is 0 Å². The predicted molar refractivity (Wildman–Crippen MR) is 68.2 cm³/mol. The van der Waals surface area contributed by atoms with Gasteiger partial charge < -0.3 is 18.5 Å². The molecule has 19 heavy (non-hydrogen) atoms. The van der Waals surface area contributed by atoms with Gasteiger partial charge in [0.15, 0.2) is 6.29 Å². The second kappa shape index (κ2) is 6.04. The molecule has 1 saturated heterocycles. The third kappa shape index (κ3) is 3.45. The lowest BCUT2D eigenvalue weighted by Crippen LogP contribution is -2.32. The quantitative estimate of drug-likeness (QED) is 0.831. The first-order valence-electron chi connectivity index (χ1n) is 6.65. The zero-order valence-electron chi connectivity index (χ0n) is 10.8. The molecule has 5 nitrogen and oxygen atoms in total. The number of furan rings is 1. The summed E-state index contributed by atoms with van der Waals surface area (Å²) in [5.74, 6) is 0.834. The maximum atomic E-state index is 5.95. The molecule has 3 rings (SSSR count). The van der Waals surface area contributed by atoms with Crippen molar-refractivity contribution in [1.29, 1.82) is 0 Å². The van der Waals surface area contributed by atoms with Crippen molar-refractivity contribution in [2.75, 3.05) is 0 Å². The molecule has 0 N–H and O–H groups in total. The molecule has 0 amide bonds. The van der Waals surface area contributed by atoms with Crippen molar-refractivity contribution < 1.29 is 13.9 Å². The summed E-state index contributed by atoms with van der Waals surface area (Å²) < 4.78 is 19.0. The van der Waals surface area contributed by atoms with E-state index in [-0.39, 0.29) is 12.4 Å². The van der Waals surface area contributed by atoms with Gasteiger partial charge in [0.05, 0.1) is 18.7 Å². The van der Waals surface area contributed by atoms with E-state index in [1.807, 2.05) is 29.2 Å². The first-order chi connectivity index (χ1) is 9.40. The Morgan fingerprint density at radius 1 is 1.42 bits per heavy atom. The highest BCUT2D eigenvalue weighted by molar-refractivity contribution is 4.96.